The van der Waals surface area contributed by atoms with Crippen LogP contribution in [-0.4, -0.2) is 50.5 Å². The van der Waals surface area contributed by atoms with Crippen molar-refractivity contribution in [2.75, 3.05) is 23.7 Å². The summed E-state index contributed by atoms with van der Waals surface area (Å²) in [7, 11) is -3.90. The fourth-order valence-corrected chi connectivity index (χ4v) is 5.00. The summed E-state index contributed by atoms with van der Waals surface area (Å²) in [6, 6.07) is 21.0. The third kappa shape index (κ3) is 8.14. The predicted octanol–water partition coefficient (Wildman–Crippen LogP) is 4.07. The molecule has 0 aliphatic carbocycles. The molecule has 38 heavy (non-hydrogen) atoms. The number of anilines is 1. The van der Waals surface area contributed by atoms with Crippen LogP contribution < -0.4 is 9.62 Å². The van der Waals surface area contributed by atoms with E-state index >= 15 is 0 Å². The van der Waals surface area contributed by atoms with E-state index in [2.05, 4.69) is 5.32 Å². The number of hydrogen-bond acceptors (Lipinski definition) is 4. The van der Waals surface area contributed by atoms with Crippen LogP contribution in [-0.2, 0) is 32.6 Å². The Balaban J connectivity index is 2.03. The summed E-state index contributed by atoms with van der Waals surface area (Å²) in [5, 5.41) is 2.90. The minimum absolute atomic E-state index is 0.110. The van der Waals surface area contributed by atoms with E-state index in [9.17, 15) is 22.4 Å². The van der Waals surface area contributed by atoms with E-state index in [0.717, 1.165) is 45.8 Å². The molecule has 0 aromatic heterocycles. The van der Waals surface area contributed by atoms with Crippen molar-refractivity contribution in [3.05, 3.63) is 101 Å². The van der Waals surface area contributed by atoms with Crippen LogP contribution in [0, 0.1) is 12.7 Å². The molecule has 0 heterocycles. The lowest BCUT2D eigenvalue weighted by atomic mass is 10.0. The van der Waals surface area contributed by atoms with Crippen LogP contribution in [0.5, 0.6) is 0 Å². The van der Waals surface area contributed by atoms with Crippen molar-refractivity contribution in [3.8, 4) is 0 Å². The number of nitrogens with zero attached hydrogens (tertiary/aromatic N) is 2. The molecule has 0 saturated carbocycles. The van der Waals surface area contributed by atoms with E-state index in [1.807, 2.05) is 68.4 Å². The molecule has 9 heteroatoms. The number of hydrogen-bond donors (Lipinski definition) is 1. The highest BCUT2D eigenvalue weighted by atomic mass is 32.2. The molecule has 3 aromatic carbocycles. The van der Waals surface area contributed by atoms with E-state index in [1.165, 1.54) is 17.0 Å². The molecule has 0 fully saturated rings. The number of sulfonamides is 1. The molecule has 2 amide bonds. The van der Waals surface area contributed by atoms with Crippen LogP contribution in [0.3, 0.4) is 0 Å². The van der Waals surface area contributed by atoms with Gasteiger partial charge in [0.2, 0.25) is 21.8 Å². The maximum atomic E-state index is 13.9. The zero-order valence-corrected chi connectivity index (χ0v) is 22.7. The zero-order valence-electron chi connectivity index (χ0n) is 21.9. The second kappa shape index (κ2) is 13.2. The number of halogens is 1. The number of aryl methyl sites for hydroxylation is 1. The number of carbonyl (C=O) groups excluding carboxylic acids is 2. The molecule has 3 rings (SSSR count). The van der Waals surface area contributed by atoms with Gasteiger partial charge >= 0.3 is 0 Å². The Kier molecular flexibility index (Phi) is 10.0. The van der Waals surface area contributed by atoms with E-state index in [4.69, 9.17) is 0 Å². The molecule has 0 aliphatic rings. The van der Waals surface area contributed by atoms with Crippen molar-refractivity contribution in [1.82, 2.24) is 10.2 Å². The smallest absolute Gasteiger partial charge is 0.244 e. The first-order valence-corrected chi connectivity index (χ1v) is 14.3. The third-order valence-corrected chi connectivity index (χ3v) is 7.19. The molecule has 0 saturated heterocycles. The summed E-state index contributed by atoms with van der Waals surface area (Å²) in [6.45, 7) is 3.89. The second-order valence-electron chi connectivity index (χ2n) is 9.25. The highest BCUT2D eigenvalue weighted by Crippen LogP contribution is 2.21. The predicted molar refractivity (Wildman–Crippen MR) is 148 cm³/mol. The quantitative estimate of drug-likeness (QED) is 0.376. The Hall–Kier alpha value is -3.72. The van der Waals surface area contributed by atoms with Gasteiger partial charge in [-0.25, -0.2) is 12.8 Å². The van der Waals surface area contributed by atoms with Gasteiger partial charge in [-0.15, -0.1) is 0 Å². The van der Waals surface area contributed by atoms with Gasteiger partial charge in [0.1, 0.15) is 18.4 Å². The molecule has 7 nitrogen and oxygen atoms in total. The Bertz CT molecular complexity index is 1330. The van der Waals surface area contributed by atoms with Gasteiger partial charge < -0.3 is 10.2 Å². The molecular weight excluding hydrogens is 505 g/mol. The van der Waals surface area contributed by atoms with Gasteiger partial charge in [-0.1, -0.05) is 67.1 Å². The Morgan fingerprint density at radius 2 is 1.61 bits per heavy atom. The Morgan fingerprint density at radius 3 is 2.21 bits per heavy atom. The van der Waals surface area contributed by atoms with E-state index in [0.29, 0.717) is 6.54 Å². The molecule has 0 radical (unpaired) electrons. The average Bonchev–Trinajstić information content (AvgIpc) is 2.88. The summed E-state index contributed by atoms with van der Waals surface area (Å²) < 4.78 is 39.9. The monoisotopic (exact) mass is 539 g/mol. The Morgan fingerprint density at radius 1 is 0.947 bits per heavy atom. The zero-order chi connectivity index (χ0) is 27.7. The molecule has 0 aliphatic heterocycles. The Labute approximate surface area is 224 Å². The average molecular weight is 540 g/mol. The topological polar surface area (TPSA) is 86.8 Å². The number of nitrogens with one attached hydrogen (secondary N) is 1. The first kappa shape index (κ1) is 28.8. The van der Waals surface area contributed by atoms with Gasteiger partial charge in [0.15, 0.2) is 0 Å². The number of benzene rings is 3. The lowest BCUT2D eigenvalue weighted by Gasteiger charge is -2.33. The fraction of sp³-hybridized carbons (Fsp3) is 0.310. The molecular formula is C29H34FN3O4S. The van der Waals surface area contributed by atoms with Gasteiger partial charge in [-0.2, -0.15) is 0 Å². The maximum Gasteiger partial charge on any atom is 0.244 e. The number of amides is 2. The van der Waals surface area contributed by atoms with E-state index in [1.54, 1.807) is 0 Å². The first-order valence-electron chi connectivity index (χ1n) is 12.5. The maximum absolute atomic E-state index is 13.9. The molecule has 1 atom stereocenters. The largest absolute Gasteiger partial charge is 0.354 e. The van der Waals surface area contributed by atoms with E-state index in [-0.39, 0.29) is 24.6 Å². The van der Waals surface area contributed by atoms with Gasteiger partial charge in [0.25, 0.3) is 0 Å². The highest BCUT2D eigenvalue weighted by Gasteiger charge is 2.32. The van der Waals surface area contributed by atoms with Crippen molar-refractivity contribution in [2.24, 2.45) is 0 Å². The van der Waals surface area contributed by atoms with Crippen LogP contribution in [0.1, 0.15) is 30.0 Å². The molecule has 1 N–H and O–H groups in total. The van der Waals surface area contributed by atoms with E-state index < -0.39 is 34.3 Å². The number of carbonyl (C=O) groups is 2. The molecule has 0 bridgehead atoms. The lowest BCUT2D eigenvalue weighted by Crippen LogP contribution is -2.53. The van der Waals surface area contributed by atoms with Crippen LogP contribution in [0.4, 0.5) is 10.1 Å². The molecule has 202 valence electrons. The van der Waals surface area contributed by atoms with Gasteiger partial charge in [0.05, 0.1) is 11.9 Å². The summed E-state index contributed by atoms with van der Waals surface area (Å²) in [6.07, 6.45) is 1.97. The highest BCUT2D eigenvalue weighted by molar-refractivity contribution is 7.92. The van der Waals surface area contributed by atoms with Crippen LogP contribution in [0.2, 0.25) is 0 Å². The molecule has 3 aromatic rings. The minimum atomic E-state index is -3.90. The molecule has 1 unspecified atom stereocenters. The van der Waals surface area contributed by atoms with Gasteiger partial charge in [0, 0.05) is 19.5 Å². The van der Waals surface area contributed by atoms with Crippen LogP contribution in [0.15, 0.2) is 78.9 Å². The van der Waals surface area contributed by atoms with Crippen molar-refractivity contribution in [2.45, 2.75) is 39.3 Å². The van der Waals surface area contributed by atoms with Crippen molar-refractivity contribution < 1.29 is 22.4 Å². The summed E-state index contributed by atoms with van der Waals surface area (Å²) in [4.78, 5) is 28.8. The molecule has 0 spiro atoms. The standard InChI is InChI=1S/C29H34FN3O4S/c1-4-17-31-29(35)27(19-23-10-6-5-7-11-23)32(20-24-12-8-9-22(2)18-24)28(34)21-33(38(3,36)37)26-15-13-25(30)14-16-26/h5-16,18,27H,4,17,19-21H2,1-3H3,(H,31,35). The fourth-order valence-electron chi connectivity index (χ4n) is 4.15. The second-order valence-corrected chi connectivity index (χ2v) is 11.2. The summed E-state index contributed by atoms with van der Waals surface area (Å²) >= 11 is 0. The van der Waals surface area contributed by atoms with Crippen LogP contribution >= 0.6 is 0 Å². The minimum Gasteiger partial charge on any atom is -0.354 e. The normalized spacial score (nSPS) is 12.0. The van der Waals surface area contributed by atoms with Gasteiger partial charge in [-0.3, -0.25) is 13.9 Å². The third-order valence-electron chi connectivity index (χ3n) is 6.05. The summed E-state index contributed by atoms with van der Waals surface area (Å²) in [5.41, 5.74) is 2.83. The lowest BCUT2D eigenvalue weighted by molar-refractivity contribution is -0.140. The van der Waals surface area contributed by atoms with Gasteiger partial charge in [-0.05, 0) is 48.7 Å². The number of rotatable bonds is 12. The van der Waals surface area contributed by atoms with Crippen molar-refractivity contribution in [3.63, 3.8) is 0 Å². The van der Waals surface area contributed by atoms with Crippen molar-refractivity contribution >= 4 is 27.5 Å². The first-order chi connectivity index (χ1) is 18.1. The summed E-state index contributed by atoms with van der Waals surface area (Å²) in [5.74, 6) is -1.39. The SMILES string of the molecule is CCCNC(=O)C(Cc1ccccc1)N(Cc1cccc(C)c1)C(=O)CN(c1ccc(F)cc1)S(C)(=O)=O. The van der Waals surface area contributed by atoms with Crippen LogP contribution in [0.25, 0.3) is 0 Å². The van der Waals surface area contributed by atoms with Crippen molar-refractivity contribution in [1.29, 1.82) is 0 Å².